The van der Waals surface area contributed by atoms with Crippen molar-refractivity contribution in [2.45, 2.75) is 69.8 Å². The summed E-state index contributed by atoms with van der Waals surface area (Å²) in [4.78, 5) is 27.5. The quantitative estimate of drug-likeness (QED) is 0.358. The average Bonchev–Trinajstić information content (AvgIpc) is 2.90. The van der Waals surface area contributed by atoms with E-state index in [1.54, 1.807) is 12.1 Å². The second kappa shape index (κ2) is 11.1. The van der Waals surface area contributed by atoms with Gasteiger partial charge in [0.05, 0.1) is 17.2 Å². The minimum Gasteiger partial charge on any atom is -0.503 e. The van der Waals surface area contributed by atoms with Crippen LogP contribution in [-0.4, -0.2) is 30.1 Å². The van der Waals surface area contributed by atoms with Crippen molar-refractivity contribution < 1.29 is 24.2 Å². The Kier molecular flexibility index (Phi) is 7.87. The van der Waals surface area contributed by atoms with E-state index in [4.69, 9.17) is 21.1 Å². The number of nitrogens with one attached hydrogen (secondary N) is 1. The van der Waals surface area contributed by atoms with Gasteiger partial charge in [0.1, 0.15) is 6.10 Å². The smallest absolute Gasteiger partial charge is 0.337 e. The van der Waals surface area contributed by atoms with Crippen LogP contribution in [0.25, 0.3) is 0 Å². The van der Waals surface area contributed by atoms with Crippen LogP contribution in [0.5, 0.6) is 11.5 Å². The Labute approximate surface area is 236 Å². The van der Waals surface area contributed by atoms with Gasteiger partial charge >= 0.3 is 5.97 Å². The molecule has 8 heteroatoms. The number of Topliss-reactive ketones (excluding diaryl/α,β-unsaturated/α-hetero) is 1. The minimum atomic E-state index is -0.646. The molecule has 3 aliphatic rings. The number of halogens is 2. The first-order chi connectivity index (χ1) is 18.3. The number of hydrogen-bond donors (Lipinski definition) is 2. The van der Waals surface area contributed by atoms with Crippen molar-refractivity contribution >= 4 is 39.3 Å². The minimum absolute atomic E-state index is 0.00343. The molecule has 0 aromatic heterocycles. The van der Waals surface area contributed by atoms with Crippen LogP contribution in [0, 0.1) is 0 Å². The highest BCUT2D eigenvalue weighted by Gasteiger charge is 2.42. The van der Waals surface area contributed by atoms with Crippen LogP contribution in [0.2, 0.25) is 5.02 Å². The molecule has 5 rings (SSSR count). The molecular weight excluding hydrogens is 570 g/mol. The number of rotatable bonds is 5. The van der Waals surface area contributed by atoms with Crippen LogP contribution in [0.15, 0.2) is 63.4 Å². The molecule has 2 aromatic rings. The molecule has 2 N–H and O–H groups in total. The third-order valence-electron chi connectivity index (χ3n) is 7.82. The molecule has 200 valence electrons. The summed E-state index contributed by atoms with van der Waals surface area (Å²) in [5, 5.41) is 14.5. The lowest BCUT2D eigenvalue weighted by Crippen LogP contribution is -2.37. The number of aromatic hydroxyl groups is 1. The molecule has 2 atom stereocenters. The summed E-state index contributed by atoms with van der Waals surface area (Å²) in [5.74, 6) is -0.862. The molecule has 0 amide bonds. The lowest BCUT2D eigenvalue weighted by Gasteiger charge is -2.37. The zero-order valence-electron chi connectivity index (χ0n) is 21.5. The number of carbonyl (C=O) groups is 2. The van der Waals surface area contributed by atoms with Crippen LogP contribution >= 0.6 is 27.5 Å². The van der Waals surface area contributed by atoms with Gasteiger partial charge in [-0.1, -0.05) is 30.2 Å². The van der Waals surface area contributed by atoms with E-state index in [9.17, 15) is 14.7 Å². The Hall–Kier alpha value is -2.77. The molecule has 6 nitrogen and oxygen atoms in total. The third kappa shape index (κ3) is 5.23. The van der Waals surface area contributed by atoms with Crippen LogP contribution in [-0.2, 0) is 14.3 Å². The number of hydrogen-bond acceptors (Lipinski definition) is 6. The van der Waals surface area contributed by atoms with Crippen molar-refractivity contribution in [3.63, 3.8) is 0 Å². The van der Waals surface area contributed by atoms with Gasteiger partial charge in [-0.25, -0.2) is 4.79 Å². The predicted octanol–water partition coefficient (Wildman–Crippen LogP) is 7.05. The first-order valence-corrected chi connectivity index (χ1v) is 14.2. The lowest BCUT2D eigenvalue weighted by atomic mass is 9.71. The summed E-state index contributed by atoms with van der Waals surface area (Å²) >= 11 is 9.51. The number of phenols is 1. The topological polar surface area (TPSA) is 84.9 Å². The summed E-state index contributed by atoms with van der Waals surface area (Å²) < 4.78 is 11.8. The highest BCUT2D eigenvalue weighted by molar-refractivity contribution is 9.10. The van der Waals surface area contributed by atoms with Crippen LogP contribution < -0.4 is 10.1 Å². The number of benzene rings is 2. The molecule has 38 heavy (non-hydrogen) atoms. The number of carbonyl (C=O) groups excluding carboxylic acids is 2. The molecule has 2 aromatic carbocycles. The molecule has 0 saturated heterocycles. The summed E-state index contributed by atoms with van der Waals surface area (Å²) in [6.45, 7) is 1.86. The highest BCUT2D eigenvalue weighted by Crippen LogP contribution is 2.48. The van der Waals surface area contributed by atoms with Gasteiger partial charge in [0, 0.05) is 34.3 Å². The first-order valence-electron chi connectivity index (χ1n) is 13.0. The second-order valence-electron chi connectivity index (χ2n) is 10.3. The third-order valence-corrected chi connectivity index (χ3v) is 8.68. The van der Waals surface area contributed by atoms with Crippen molar-refractivity contribution in [1.29, 1.82) is 0 Å². The van der Waals surface area contributed by atoms with Crippen LogP contribution in [0.4, 0.5) is 0 Å². The number of methoxy groups -OCH3 is 1. The van der Waals surface area contributed by atoms with Gasteiger partial charge in [-0.15, -0.1) is 0 Å². The Morgan fingerprint density at radius 3 is 2.47 bits per heavy atom. The monoisotopic (exact) mass is 599 g/mol. The van der Waals surface area contributed by atoms with Crippen molar-refractivity contribution in [1.82, 2.24) is 5.32 Å². The van der Waals surface area contributed by atoms with Crippen molar-refractivity contribution in [3.05, 3.63) is 79.6 Å². The van der Waals surface area contributed by atoms with Gasteiger partial charge < -0.3 is 19.9 Å². The number of phenolic OH excluding ortho intramolecular Hbond substituents is 1. The molecule has 1 heterocycles. The number of ether oxygens (including phenoxy) is 2. The average molecular weight is 601 g/mol. The molecule has 1 fully saturated rings. The Balaban J connectivity index is 1.58. The molecular formula is C30H31BrClNO5. The van der Waals surface area contributed by atoms with E-state index in [0.29, 0.717) is 44.7 Å². The summed E-state index contributed by atoms with van der Waals surface area (Å²) in [6.07, 6.45) is 5.76. The van der Waals surface area contributed by atoms with Gasteiger partial charge in [-0.2, -0.15) is 0 Å². The van der Waals surface area contributed by atoms with E-state index in [-0.39, 0.29) is 29.3 Å². The van der Waals surface area contributed by atoms with E-state index in [0.717, 1.165) is 43.4 Å². The standard InChI is InChI=1S/C30H31BrClNO5/c1-16-26(30(36)38-21-6-4-3-5-7-21)27(19-12-22(31)29(35)25(15-19)37-2)28-23(33-16)13-18(14-24(28)34)17-8-10-20(32)11-9-17/h8-12,15,18,21,27,33,35H,3-7,13-14H2,1-2H3/t18-,27+/m1/s1. The maximum atomic E-state index is 13.8. The fraction of sp³-hybridized carbons (Fsp3) is 0.400. The van der Waals surface area contributed by atoms with Crippen molar-refractivity contribution in [2.24, 2.45) is 0 Å². The number of esters is 1. The van der Waals surface area contributed by atoms with Crippen molar-refractivity contribution in [3.8, 4) is 11.5 Å². The number of allylic oxidation sites excluding steroid dienone is 3. The number of dihydropyridines is 1. The largest absolute Gasteiger partial charge is 0.503 e. The van der Waals surface area contributed by atoms with Gasteiger partial charge in [0.2, 0.25) is 0 Å². The molecule has 0 radical (unpaired) electrons. The zero-order valence-corrected chi connectivity index (χ0v) is 23.8. The Morgan fingerprint density at radius 1 is 1.08 bits per heavy atom. The van der Waals surface area contributed by atoms with Gasteiger partial charge in [0.25, 0.3) is 0 Å². The highest BCUT2D eigenvalue weighted by atomic mass is 79.9. The van der Waals surface area contributed by atoms with E-state index in [1.807, 2.05) is 31.2 Å². The normalized spacial score (nSPS) is 22.2. The fourth-order valence-corrected chi connectivity index (χ4v) is 6.51. The number of ketones is 1. The zero-order chi connectivity index (χ0) is 27.0. The van der Waals surface area contributed by atoms with E-state index in [1.165, 1.54) is 7.11 Å². The fourth-order valence-electron chi connectivity index (χ4n) is 5.93. The predicted molar refractivity (Wildman–Crippen MR) is 149 cm³/mol. The first kappa shape index (κ1) is 26.8. The van der Waals surface area contributed by atoms with Crippen LogP contribution in [0.3, 0.4) is 0 Å². The summed E-state index contributed by atoms with van der Waals surface area (Å²) in [7, 11) is 1.47. The summed E-state index contributed by atoms with van der Waals surface area (Å²) in [5.41, 5.74) is 4.19. The molecule has 0 unspecified atom stereocenters. The molecule has 1 aliphatic heterocycles. The van der Waals surface area contributed by atoms with Crippen LogP contribution in [0.1, 0.15) is 74.8 Å². The molecule has 1 saturated carbocycles. The van der Waals surface area contributed by atoms with Gasteiger partial charge in [-0.05, 0) is 96.3 Å². The van der Waals surface area contributed by atoms with E-state index >= 15 is 0 Å². The van der Waals surface area contributed by atoms with E-state index in [2.05, 4.69) is 21.2 Å². The van der Waals surface area contributed by atoms with E-state index < -0.39 is 11.9 Å². The van der Waals surface area contributed by atoms with Gasteiger partial charge in [0.15, 0.2) is 17.3 Å². The van der Waals surface area contributed by atoms with Crippen molar-refractivity contribution in [2.75, 3.05) is 7.11 Å². The summed E-state index contributed by atoms with van der Waals surface area (Å²) in [6, 6.07) is 11.0. The molecule has 0 spiro atoms. The Morgan fingerprint density at radius 2 is 1.79 bits per heavy atom. The SMILES string of the molecule is COc1cc([C@H]2C(C(=O)OC3CCCCC3)=C(C)NC3=C2C(=O)C[C@H](c2ccc(Cl)cc2)C3)cc(Br)c1O. The molecule has 0 bridgehead atoms. The maximum Gasteiger partial charge on any atom is 0.337 e. The lowest BCUT2D eigenvalue weighted by molar-refractivity contribution is -0.146. The molecule has 2 aliphatic carbocycles. The maximum absolute atomic E-state index is 13.8. The second-order valence-corrected chi connectivity index (χ2v) is 11.6. The Bertz CT molecular complexity index is 1330. The van der Waals surface area contributed by atoms with Gasteiger partial charge in [-0.3, -0.25) is 4.79 Å².